The topological polar surface area (TPSA) is 77.2 Å². The average molecular weight is 291 g/mol. The Morgan fingerprint density at radius 3 is 2.67 bits per heavy atom. The molecule has 0 spiro atoms. The molecule has 1 saturated carbocycles. The van der Waals surface area contributed by atoms with E-state index < -0.39 is 0 Å². The highest BCUT2D eigenvalue weighted by atomic mass is 16.5. The molecule has 1 amide bonds. The molecular weight excluding hydrogens is 266 g/mol. The highest BCUT2D eigenvalue weighted by molar-refractivity contribution is 5.95. The predicted octanol–water partition coefficient (Wildman–Crippen LogP) is 2.26. The zero-order valence-electron chi connectivity index (χ0n) is 13.3. The summed E-state index contributed by atoms with van der Waals surface area (Å²) < 4.78 is 5.50. The summed E-state index contributed by atoms with van der Waals surface area (Å²) in [5.41, 5.74) is 7.09. The van der Waals surface area contributed by atoms with Crippen molar-refractivity contribution in [3.63, 3.8) is 0 Å². The van der Waals surface area contributed by atoms with E-state index in [2.05, 4.69) is 31.1 Å². The van der Waals surface area contributed by atoms with Gasteiger partial charge in [0.25, 0.3) is 5.91 Å². The number of carbonyl (C=O) groups excluding carboxylic acids is 1. The lowest BCUT2D eigenvalue weighted by Gasteiger charge is -2.35. The predicted molar refractivity (Wildman–Crippen MR) is 83.3 cm³/mol. The Morgan fingerprint density at radius 2 is 2.10 bits per heavy atom. The zero-order valence-corrected chi connectivity index (χ0v) is 13.3. The lowest BCUT2D eigenvalue weighted by molar-refractivity contribution is -0.00862. The molecule has 1 aliphatic rings. The van der Waals surface area contributed by atoms with Gasteiger partial charge in [-0.25, -0.2) is 4.98 Å². The number of hydrogen-bond donors (Lipinski definition) is 2. The van der Waals surface area contributed by atoms with Crippen LogP contribution in [-0.4, -0.2) is 29.6 Å². The molecule has 0 radical (unpaired) electrons. The Labute approximate surface area is 126 Å². The van der Waals surface area contributed by atoms with E-state index in [1.165, 1.54) is 0 Å². The monoisotopic (exact) mass is 291 g/mol. The maximum Gasteiger partial charge on any atom is 0.251 e. The molecule has 1 fully saturated rings. The number of carbonyl (C=O) groups is 1. The Kier molecular flexibility index (Phi) is 4.52. The van der Waals surface area contributed by atoms with E-state index in [4.69, 9.17) is 10.5 Å². The van der Waals surface area contributed by atoms with Crippen LogP contribution in [0, 0.1) is 0 Å². The molecule has 0 aliphatic heterocycles. The molecule has 0 atom stereocenters. The van der Waals surface area contributed by atoms with Crippen LogP contribution in [0.2, 0.25) is 0 Å². The summed E-state index contributed by atoms with van der Waals surface area (Å²) in [7, 11) is 0. The maximum absolute atomic E-state index is 12.3. The van der Waals surface area contributed by atoms with E-state index >= 15 is 0 Å². The molecule has 5 heteroatoms. The van der Waals surface area contributed by atoms with Crippen molar-refractivity contribution in [2.75, 3.05) is 12.3 Å². The summed E-state index contributed by atoms with van der Waals surface area (Å²) in [6, 6.07) is 3.65. The minimum atomic E-state index is -0.138. The van der Waals surface area contributed by atoms with Crippen LogP contribution in [0.3, 0.4) is 0 Å². The number of nitrogen functional groups attached to an aromatic ring is 1. The van der Waals surface area contributed by atoms with Crippen LogP contribution in [-0.2, 0) is 10.2 Å². The third kappa shape index (κ3) is 3.94. The van der Waals surface area contributed by atoms with Crippen molar-refractivity contribution in [2.24, 2.45) is 0 Å². The molecule has 3 N–H and O–H groups in total. The van der Waals surface area contributed by atoms with Crippen molar-refractivity contribution in [3.05, 3.63) is 23.4 Å². The van der Waals surface area contributed by atoms with Gasteiger partial charge in [-0.05, 0) is 31.9 Å². The van der Waals surface area contributed by atoms with Crippen LogP contribution in [0.15, 0.2) is 12.1 Å². The molecule has 2 rings (SSSR count). The van der Waals surface area contributed by atoms with E-state index in [1.807, 2.05) is 13.0 Å². The first kappa shape index (κ1) is 15.8. The minimum absolute atomic E-state index is 0.0884. The summed E-state index contributed by atoms with van der Waals surface area (Å²) in [6.07, 6.45) is 2.05. The summed E-state index contributed by atoms with van der Waals surface area (Å²) >= 11 is 0. The van der Waals surface area contributed by atoms with Gasteiger partial charge >= 0.3 is 0 Å². The van der Waals surface area contributed by atoms with Crippen molar-refractivity contribution in [1.82, 2.24) is 10.3 Å². The Hall–Kier alpha value is -1.62. The smallest absolute Gasteiger partial charge is 0.251 e. The molecule has 0 aromatic carbocycles. The Bertz CT molecular complexity index is 517. The van der Waals surface area contributed by atoms with Gasteiger partial charge in [-0.3, -0.25) is 4.79 Å². The van der Waals surface area contributed by atoms with Crippen LogP contribution in [0.5, 0.6) is 0 Å². The Balaban J connectivity index is 2.02. The highest BCUT2D eigenvalue weighted by Crippen LogP contribution is 2.25. The second kappa shape index (κ2) is 6.02. The molecule has 0 bridgehead atoms. The van der Waals surface area contributed by atoms with Crippen LogP contribution in [0.1, 0.15) is 56.6 Å². The van der Waals surface area contributed by atoms with Crippen LogP contribution in [0.25, 0.3) is 0 Å². The molecule has 1 aromatic rings. The van der Waals surface area contributed by atoms with E-state index in [0.717, 1.165) is 25.1 Å². The molecule has 1 heterocycles. The molecule has 1 aliphatic carbocycles. The van der Waals surface area contributed by atoms with Crippen molar-refractivity contribution in [2.45, 2.75) is 58.1 Å². The molecule has 0 unspecified atom stereocenters. The standard InChI is InChI=1S/C16H25N3O2/c1-5-21-12-8-11(9-12)18-15(20)10-6-13(16(2,3)4)19-14(17)7-10/h6-7,11-12H,5,8-9H2,1-4H3,(H2,17,19)(H,18,20). The third-order valence-electron chi connectivity index (χ3n) is 3.71. The largest absolute Gasteiger partial charge is 0.384 e. The lowest BCUT2D eigenvalue weighted by atomic mass is 9.88. The van der Waals surface area contributed by atoms with Gasteiger partial charge in [-0.2, -0.15) is 0 Å². The van der Waals surface area contributed by atoms with Gasteiger partial charge in [-0.15, -0.1) is 0 Å². The number of anilines is 1. The number of hydrogen-bond acceptors (Lipinski definition) is 4. The first-order valence-corrected chi connectivity index (χ1v) is 7.50. The van der Waals surface area contributed by atoms with E-state index in [0.29, 0.717) is 11.4 Å². The number of nitrogens with one attached hydrogen (secondary N) is 1. The molecule has 1 aromatic heterocycles. The normalized spacial score (nSPS) is 21.7. The van der Waals surface area contributed by atoms with E-state index in [1.54, 1.807) is 6.07 Å². The van der Waals surface area contributed by atoms with Gasteiger partial charge in [0.1, 0.15) is 5.82 Å². The average Bonchev–Trinajstić information content (AvgIpc) is 2.34. The molecule has 21 heavy (non-hydrogen) atoms. The van der Waals surface area contributed by atoms with Crippen molar-refractivity contribution >= 4 is 11.7 Å². The second-order valence-electron chi connectivity index (χ2n) is 6.64. The number of pyridine rings is 1. The van der Waals surface area contributed by atoms with Gasteiger partial charge in [-0.1, -0.05) is 20.8 Å². The number of aromatic nitrogens is 1. The second-order valence-corrected chi connectivity index (χ2v) is 6.64. The van der Waals surface area contributed by atoms with Crippen molar-refractivity contribution in [3.8, 4) is 0 Å². The SMILES string of the molecule is CCOC1CC(NC(=O)c2cc(N)nc(C(C)(C)C)c2)C1. The number of ether oxygens (including phenoxy) is 1. The lowest BCUT2D eigenvalue weighted by Crippen LogP contribution is -2.47. The van der Waals surface area contributed by atoms with E-state index in [9.17, 15) is 4.79 Å². The summed E-state index contributed by atoms with van der Waals surface area (Å²) in [6.45, 7) is 8.86. The summed E-state index contributed by atoms with van der Waals surface area (Å²) in [5.74, 6) is 0.294. The minimum Gasteiger partial charge on any atom is -0.384 e. The summed E-state index contributed by atoms with van der Waals surface area (Å²) in [5, 5.41) is 3.02. The van der Waals surface area contributed by atoms with Crippen LogP contribution < -0.4 is 11.1 Å². The van der Waals surface area contributed by atoms with Gasteiger partial charge in [0.15, 0.2) is 0 Å². The fraction of sp³-hybridized carbons (Fsp3) is 0.625. The Morgan fingerprint density at radius 1 is 1.43 bits per heavy atom. The zero-order chi connectivity index (χ0) is 15.6. The van der Waals surface area contributed by atoms with Crippen LogP contribution >= 0.6 is 0 Å². The van der Waals surface area contributed by atoms with Gasteiger partial charge < -0.3 is 15.8 Å². The number of nitrogens with zero attached hydrogens (tertiary/aromatic N) is 1. The molecular formula is C16H25N3O2. The van der Waals surface area contributed by atoms with Gasteiger partial charge in [0, 0.05) is 29.3 Å². The maximum atomic E-state index is 12.3. The third-order valence-corrected chi connectivity index (χ3v) is 3.71. The van der Waals surface area contributed by atoms with Crippen LogP contribution in [0.4, 0.5) is 5.82 Å². The molecule has 0 saturated heterocycles. The van der Waals surface area contributed by atoms with Crippen molar-refractivity contribution in [1.29, 1.82) is 0 Å². The first-order chi connectivity index (χ1) is 9.79. The summed E-state index contributed by atoms with van der Waals surface area (Å²) in [4.78, 5) is 16.6. The fourth-order valence-electron chi connectivity index (χ4n) is 2.39. The quantitative estimate of drug-likeness (QED) is 0.892. The van der Waals surface area contributed by atoms with Crippen molar-refractivity contribution < 1.29 is 9.53 Å². The van der Waals surface area contributed by atoms with E-state index in [-0.39, 0.29) is 23.5 Å². The molecule has 116 valence electrons. The first-order valence-electron chi connectivity index (χ1n) is 7.50. The highest BCUT2D eigenvalue weighted by Gasteiger charge is 2.31. The van der Waals surface area contributed by atoms with Gasteiger partial charge in [0.2, 0.25) is 0 Å². The number of nitrogens with two attached hydrogens (primary N) is 1. The fourth-order valence-corrected chi connectivity index (χ4v) is 2.39. The number of rotatable bonds is 4. The molecule has 5 nitrogen and oxygen atoms in total. The van der Waals surface area contributed by atoms with Gasteiger partial charge in [0.05, 0.1) is 6.10 Å². The number of amides is 1.